The lowest BCUT2D eigenvalue weighted by Gasteiger charge is -2.26. The Morgan fingerprint density at radius 1 is 1.04 bits per heavy atom. The molecule has 0 spiro atoms. The Hall–Kier alpha value is -3.12. The van der Waals surface area contributed by atoms with Gasteiger partial charge in [0, 0.05) is 29.8 Å². The molecule has 0 radical (unpaired) electrons. The number of hydrogen-bond acceptors (Lipinski definition) is 5. The Kier molecular flexibility index (Phi) is 6.11. The molecule has 0 aliphatic carbocycles. The van der Waals surface area contributed by atoms with Crippen LogP contribution in [-0.2, 0) is 20.9 Å². The predicted octanol–water partition coefficient (Wildman–Crippen LogP) is 4.18. The number of para-hydroxylation sites is 2. The zero-order valence-electron chi connectivity index (χ0n) is 16.2. The smallest absolute Gasteiger partial charge is 0.375 e. The van der Waals surface area contributed by atoms with Gasteiger partial charge < -0.3 is 18.8 Å². The third kappa shape index (κ3) is 4.07. The lowest BCUT2D eigenvalue weighted by Crippen LogP contribution is -2.39. The van der Waals surface area contributed by atoms with E-state index in [2.05, 4.69) is 0 Å². The molecule has 6 nitrogen and oxygen atoms in total. The monoisotopic (exact) mass is 381 g/mol. The molecule has 0 bridgehead atoms. The third-order valence-corrected chi connectivity index (χ3v) is 4.32. The van der Waals surface area contributed by atoms with E-state index in [1.165, 1.54) is 0 Å². The van der Waals surface area contributed by atoms with E-state index < -0.39 is 5.97 Å². The van der Waals surface area contributed by atoms with Gasteiger partial charge in [0.2, 0.25) is 5.76 Å². The fourth-order valence-corrected chi connectivity index (χ4v) is 3.13. The Labute approximate surface area is 163 Å². The van der Waals surface area contributed by atoms with E-state index in [1.807, 2.05) is 62.4 Å². The molecule has 146 valence electrons. The van der Waals surface area contributed by atoms with E-state index in [0.717, 1.165) is 11.1 Å². The van der Waals surface area contributed by atoms with Crippen molar-refractivity contribution >= 4 is 28.5 Å². The number of rotatable bonds is 7. The van der Waals surface area contributed by atoms with E-state index in [-0.39, 0.29) is 30.9 Å². The summed E-state index contributed by atoms with van der Waals surface area (Å²) in [6, 6.07) is 16.5. The van der Waals surface area contributed by atoms with Crippen molar-refractivity contribution in [3.05, 3.63) is 65.9 Å². The maximum Gasteiger partial charge on any atom is 0.375 e. The molecule has 6 heteroatoms. The third-order valence-electron chi connectivity index (χ3n) is 4.32. The number of amides is 1. The lowest BCUT2D eigenvalue weighted by molar-refractivity contribution is -0.122. The molecular weight excluding hydrogens is 358 g/mol. The quantitative estimate of drug-likeness (QED) is 0.574. The number of methoxy groups -OCH3 is 1. The normalized spacial score (nSPS) is 11.0. The van der Waals surface area contributed by atoms with Gasteiger partial charge in [-0.3, -0.25) is 4.79 Å². The zero-order chi connectivity index (χ0) is 20.1. The molecule has 3 rings (SSSR count). The van der Waals surface area contributed by atoms with Crippen LogP contribution in [0.4, 0.5) is 5.69 Å². The number of carbonyl (C=O) groups excluding carboxylic acids is 2. The predicted molar refractivity (Wildman–Crippen MR) is 106 cm³/mol. The van der Waals surface area contributed by atoms with Crippen LogP contribution in [0.25, 0.3) is 11.0 Å². The first-order chi connectivity index (χ1) is 13.5. The van der Waals surface area contributed by atoms with Crippen molar-refractivity contribution in [1.29, 1.82) is 0 Å². The van der Waals surface area contributed by atoms with Gasteiger partial charge in [0.15, 0.2) is 6.61 Å². The van der Waals surface area contributed by atoms with Crippen LogP contribution in [0, 0.1) is 0 Å². The highest BCUT2D eigenvalue weighted by Crippen LogP contribution is 2.27. The standard InChI is InChI=1S/C22H23NO5/c1-15(2)23(16-9-5-4-6-10-16)20(24)14-27-22(25)21-18(13-26-3)17-11-7-8-12-19(17)28-21/h4-12,15H,13-14H2,1-3H3. The van der Waals surface area contributed by atoms with Gasteiger partial charge in [-0.2, -0.15) is 0 Å². The minimum Gasteiger partial charge on any atom is -0.450 e. The fourth-order valence-electron chi connectivity index (χ4n) is 3.13. The summed E-state index contributed by atoms with van der Waals surface area (Å²) in [6.45, 7) is 3.64. The van der Waals surface area contributed by atoms with Crippen molar-refractivity contribution in [2.24, 2.45) is 0 Å². The largest absolute Gasteiger partial charge is 0.450 e. The maximum absolute atomic E-state index is 12.7. The highest BCUT2D eigenvalue weighted by Gasteiger charge is 2.25. The number of furan rings is 1. The van der Waals surface area contributed by atoms with E-state index in [9.17, 15) is 9.59 Å². The molecule has 3 aromatic rings. The van der Waals surface area contributed by atoms with Gasteiger partial charge in [0.25, 0.3) is 5.91 Å². The summed E-state index contributed by atoms with van der Waals surface area (Å²) in [5.74, 6) is -0.932. The second-order valence-corrected chi connectivity index (χ2v) is 6.61. The molecule has 1 aromatic heterocycles. The second kappa shape index (κ2) is 8.71. The van der Waals surface area contributed by atoms with Crippen molar-refractivity contribution in [1.82, 2.24) is 0 Å². The molecule has 0 aliphatic heterocycles. The average molecular weight is 381 g/mol. The van der Waals surface area contributed by atoms with Crippen molar-refractivity contribution in [2.75, 3.05) is 18.6 Å². The number of nitrogens with zero attached hydrogens (tertiary/aromatic N) is 1. The van der Waals surface area contributed by atoms with Crippen LogP contribution < -0.4 is 4.90 Å². The number of fused-ring (bicyclic) bond motifs is 1. The minimum atomic E-state index is -0.687. The first-order valence-electron chi connectivity index (χ1n) is 9.06. The van der Waals surface area contributed by atoms with E-state index >= 15 is 0 Å². The first-order valence-corrected chi connectivity index (χ1v) is 9.06. The molecule has 0 aliphatic rings. The summed E-state index contributed by atoms with van der Waals surface area (Å²) in [4.78, 5) is 26.9. The highest BCUT2D eigenvalue weighted by molar-refractivity contribution is 5.99. The number of hydrogen-bond donors (Lipinski definition) is 0. The average Bonchev–Trinajstić information content (AvgIpc) is 3.06. The first kappa shape index (κ1) is 19.6. The Morgan fingerprint density at radius 3 is 2.39 bits per heavy atom. The summed E-state index contributed by atoms with van der Waals surface area (Å²) in [5.41, 5.74) is 1.93. The van der Waals surface area contributed by atoms with Gasteiger partial charge in [-0.25, -0.2) is 4.79 Å². The molecular formula is C22H23NO5. The molecule has 0 saturated carbocycles. The summed E-state index contributed by atoms with van der Waals surface area (Å²) in [6.07, 6.45) is 0. The molecule has 28 heavy (non-hydrogen) atoms. The zero-order valence-corrected chi connectivity index (χ0v) is 16.2. The summed E-state index contributed by atoms with van der Waals surface area (Å²) < 4.78 is 16.1. The van der Waals surface area contributed by atoms with Crippen LogP contribution in [0.2, 0.25) is 0 Å². The van der Waals surface area contributed by atoms with Crippen LogP contribution in [0.15, 0.2) is 59.0 Å². The second-order valence-electron chi connectivity index (χ2n) is 6.61. The van der Waals surface area contributed by atoms with E-state index in [1.54, 1.807) is 18.1 Å². The maximum atomic E-state index is 12.7. The number of anilines is 1. The van der Waals surface area contributed by atoms with Gasteiger partial charge in [0.05, 0.1) is 6.61 Å². The lowest BCUT2D eigenvalue weighted by atomic mass is 10.1. The van der Waals surface area contributed by atoms with Crippen LogP contribution in [0.3, 0.4) is 0 Å². The summed E-state index contributed by atoms with van der Waals surface area (Å²) in [5, 5.41) is 0.788. The Balaban J connectivity index is 1.77. The van der Waals surface area contributed by atoms with Gasteiger partial charge in [-0.15, -0.1) is 0 Å². The Morgan fingerprint density at radius 2 is 1.71 bits per heavy atom. The van der Waals surface area contributed by atoms with Crippen LogP contribution >= 0.6 is 0 Å². The van der Waals surface area contributed by atoms with Crippen LogP contribution in [0.5, 0.6) is 0 Å². The Bertz CT molecular complexity index is 961. The van der Waals surface area contributed by atoms with Crippen molar-refractivity contribution in [2.45, 2.75) is 26.5 Å². The minimum absolute atomic E-state index is 0.0617. The highest BCUT2D eigenvalue weighted by atomic mass is 16.5. The van der Waals surface area contributed by atoms with E-state index in [4.69, 9.17) is 13.9 Å². The topological polar surface area (TPSA) is 69.0 Å². The van der Waals surface area contributed by atoms with Crippen molar-refractivity contribution in [3.8, 4) is 0 Å². The number of ether oxygens (including phenoxy) is 2. The number of carbonyl (C=O) groups is 2. The van der Waals surface area contributed by atoms with Crippen LogP contribution in [0.1, 0.15) is 30.0 Å². The fraction of sp³-hybridized carbons (Fsp3) is 0.273. The molecule has 0 N–H and O–H groups in total. The van der Waals surface area contributed by atoms with Gasteiger partial charge in [0.1, 0.15) is 5.58 Å². The number of esters is 1. The SMILES string of the molecule is COCc1c(C(=O)OCC(=O)N(c2ccccc2)C(C)C)oc2ccccc12. The molecule has 0 unspecified atom stereocenters. The van der Waals surface area contributed by atoms with E-state index in [0.29, 0.717) is 11.1 Å². The van der Waals surface area contributed by atoms with Gasteiger partial charge in [-0.1, -0.05) is 36.4 Å². The van der Waals surface area contributed by atoms with Crippen molar-refractivity contribution in [3.63, 3.8) is 0 Å². The van der Waals surface area contributed by atoms with Crippen molar-refractivity contribution < 1.29 is 23.5 Å². The molecule has 2 aromatic carbocycles. The number of benzene rings is 2. The van der Waals surface area contributed by atoms with Gasteiger partial charge >= 0.3 is 5.97 Å². The molecule has 1 amide bonds. The summed E-state index contributed by atoms with van der Waals surface area (Å²) >= 11 is 0. The molecule has 0 atom stereocenters. The van der Waals surface area contributed by atoms with Crippen LogP contribution in [-0.4, -0.2) is 31.6 Å². The molecule has 0 fully saturated rings. The molecule has 0 saturated heterocycles. The summed E-state index contributed by atoms with van der Waals surface area (Å²) in [7, 11) is 1.54. The molecule has 1 heterocycles. The van der Waals surface area contributed by atoms with Gasteiger partial charge in [-0.05, 0) is 32.0 Å².